The molecule has 0 saturated heterocycles. The lowest BCUT2D eigenvalue weighted by atomic mass is 10.0. The van der Waals surface area contributed by atoms with Gasteiger partial charge in [-0.1, -0.05) is 17.6 Å². The molecule has 2 heterocycles. The fraction of sp³-hybridized carbons (Fsp3) is 0.250. The van der Waals surface area contributed by atoms with Gasteiger partial charge in [-0.05, 0) is 44.2 Å². The van der Waals surface area contributed by atoms with E-state index in [-0.39, 0.29) is 5.56 Å². The quantitative estimate of drug-likeness (QED) is 0.746. The van der Waals surface area contributed by atoms with Crippen LogP contribution in [0.2, 0.25) is 0 Å². The number of pyridine rings is 1. The summed E-state index contributed by atoms with van der Waals surface area (Å²) in [6, 6.07) is 11.3. The summed E-state index contributed by atoms with van der Waals surface area (Å²) in [4.78, 5) is 17.0. The van der Waals surface area contributed by atoms with E-state index in [0.717, 1.165) is 16.1 Å². The molecule has 3 aromatic rings. The van der Waals surface area contributed by atoms with Crippen molar-refractivity contribution in [2.24, 2.45) is 0 Å². The van der Waals surface area contributed by atoms with Crippen LogP contribution in [0.15, 0.2) is 47.4 Å². The number of aromatic nitrogens is 2. The second-order valence-corrected chi connectivity index (χ2v) is 6.31. The fourth-order valence-electron chi connectivity index (χ4n) is 2.33. The second-order valence-electron chi connectivity index (χ2n) is 5.33. The average molecular weight is 300 g/mol. The first-order valence-electron chi connectivity index (χ1n) is 6.66. The Morgan fingerprint density at radius 2 is 2.05 bits per heavy atom. The van der Waals surface area contributed by atoms with E-state index in [9.17, 15) is 4.79 Å². The molecule has 0 unspecified atom stereocenters. The van der Waals surface area contributed by atoms with E-state index in [4.69, 9.17) is 4.74 Å². The summed E-state index contributed by atoms with van der Waals surface area (Å²) in [5.41, 5.74) is 0.383. The van der Waals surface area contributed by atoms with Crippen LogP contribution in [0.3, 0.4) is 0 Å². The average Bonchev–Trinajstić information content (AvgIpc) is 2.85. The van der Waals surface area contributed by atoms with Crippen molar-refractivity contribution < 1.29 is 4.74 Å². The molecule has 0 aliphatic heterocycles. The normalized spacial score (nSPS) is 11.8. The van der Waals surface area contributed by atoms with Crippen molar-refractivity contribution in [1.29, 1.82) is 0 Å². The highest BCUT2D eigenvalue weighted by atomic mass is 32.1. The molecule has 0 saturated carbocycles. The van der Waals surface area contributed by atoms with Gasteiger partial charge in [-0.2, -0.15) is 0 Å². The topological polar surface area (TPSA) is 44.1 Å². The number of nitrogens with zero attached hydrogens (tertiary/aromatic N) is 2. The van der Waals surface area contributed by atoms with Gasteiger partial charge in [0.05, 0.1) is 28.4 Å². The van der Waals surface area contributed by atoms with E-state index in [1.54, 1.807) is 17.3 Å². The number of ether oxygens (including phenoxy) is 1. The van der Waals surface area contributed by atoms with Gasteiger partial charge >= 0.3 is 0 Å². The molecular formula is C16H16N2O2S. The lowest BCUT2D eigenvalue weighted by Crippen LogP contribution is -2.34. The van der Waals surface area contributed by atoms with Gasteiger partial charge in [0.15, 0.2) is 0 Å². The highest BCUT2D eigenvalue weighted by Gasteiger charge is 2.28. The smallest absolute Gasteiger partial charge is 0.269 e. The van der Waals surface area contributed by atoms with Gasteiger partial charge in [0.1, 0.15) is 5.75 Å². The Hall–Kier alpha value is -2.14. The van der Waals surface area contributed by atoms with Gasteiger partial charge in [-0.25, -0.2) is 0 Å². The van der Waals surface area contributed by atoms with Gasteiger partial charge in [-0.3, -0.25) is 13.7 Å². The molecule has 5 heteroatoms. The minimum Gasteiger partial charge on any atom is -0.497 e. The van der Waals surface area contributed by atoms with Crippen molar-refractivity contribution in [3.63, 3.8) is 0 Å². The largest absolute Gasteiger partial charge is 0.497 e. The Bertz CT molecular complexity index is 834. The minimum atomic E-state index is -0.491. The zero-order valence-electron chi connectivity index (χ0n) is 12.2. The van der Waals surface area contributed by atoms with Crippen LogP contribution in [0.1, 0.15) is 19.5 Å². The zero-order valence-corrected chi connectivity index (χ0v) is 13.0. The van der Waals surface area contributed by atoms with Crippen LogP contribution in [-0.4, -0.2) is 16.1 Å². The van der Waals surface area contributed by atoms with E-state index in [0.29, 0.717) is 5.39 Å². The van der Waals surface area contributed by atoms with Crippen molar-refractivity contribution in [2.45, 2.75) is 19.4 Å². The van der Waals surface area contributed by atoms with Crippen molar-refractivity contribution in [3.05, 3.63) is 58.6 Å². The van der Waals surface area contributed by atoms with E-state index in [1.165, 1.54) is 11.5 Å². The lowest BCUT2D eigenvalue weighted by Gasteiger charge is -2.24. The SMILES string of the molecule is COc1ccc2c(=O)n(C(C)(C)c3ccccn3)sc2c1. The monoisotopic (exact) mass is 300 g/mol. The summed E-state index contributed by atoms with van der Waals surface area (Å²) in [5, 5.41) is 0.713. The van der Waals surface area contributed by atoms with Crippen molar-refractivity contribution in [1.82, 2.24) is 8.94 Å². The molecule has 0 atom stereocenters. The molecule has 0 fully saturated rings. The van der Waals surface area contributed by atoms with Gasteiger partial charge in [0.25, 0.3) is 5.56 Å². The van der Waals surface area contributed by atoms with Crippen molar-refractivity contribution in [2.75, 3.05) is 7.11 Å². The number of methoxy groups -OCH3 is 1. The first kappa shape index (κ1) is 13.8. The van der Waals surface area contributed by atoms with Gasteiger partial charge in [0.2, 0.25) is 0 Å². The predicted molar refractivity (Wildman–Crippen MR) is 85.3 cm³/mol. The molecular weight excluding hydrogens is 284 g/mol. The third kappa shape index (κ3) is 2.23. The van der Waals surface area contributed by atoms with E-state index < -0.39 is 5.54 Å². The van der Waals surface area contributed by atoms with Gasteiger partial charge < -0.3 is 4.74 Å². The van der Waals surface area contributed by atoms with Crippen LogP contribution < -0.4 is 10.3 Å². The van der Waals surface area contributed by atoms with Crippen LogP contribution in [0.4, 0.5) is 0 Å². The molecule has 4 nitrogen and oxygen atoms in total. The van der Waals surface area contributed by atoms with Crippen molar-refractivity contribution in [3.8, 4) is 5.75 Å². The Labute approximate surface area is 126 Å². The molecule has 0 amide bonds. The maximum Gasteiger partial charge on any atom is 0.269 e. The lowest BCUT2D eigenvalue weighted by molar-refractivity contribution is 0.415. The van der Waals surface area contributed by atoms with Crippen LogP contribution in [0.25, 0.3) is 10.1 Å². The minimum absolute atomic E-state index is 0.00769. The Morgan fingerprint density at radius 3 is 2.71 bits per heavy atom. The summed E-state index contributed by atoms with van der Waals surface area (Å²) >= 11 is 1.44. The summed E-state index contributed by atoms with van der Waals surface area (Å²) in [6.45, 7) is 4.01. The molecule has 0 spiro atoms. The first-order chi connectivity index (χ1) is 10.0. The molecule has 0 aliphatic carbocycles. The summed E-state index contributed by atoms with van der Waals surface area (Å²) in [6.07, 6.45) is 1.75. The molecule has 3 rings (SSSR count). The Balaban J connectivity index is 2.21. The molecule has 2 aromatic heterocycles. The molecule has 108 valence electrons. The fourth-order valence-corrected chi connectivity index (χ4v) is 3.45. The Kier molecular flexibility index (Phi) is 3.29. The van der Waals surface area contributed by atoms with E-state index >= 15 is 0 Å². The summed E-state index contributed by atoms with van der Waals surface area (Å²) in [7, 11) is 1.62. The van der Waals surface area contributed by atoms with Crippen LogP contribution in [0, 0.1) is 0 Å². The van der Waals surface area contributed by atoms with E-state index in [1.807, 2.05) is 50.2 Å². The highest BCUT2D eigenvalue weighted by molar-refractivity contribution is 7.14. The van der Waals surface area contributed by atoms with Crippen LogP contribution in [0.5, 0.6) is 5.75 Å². The molecule has 0 aliphatic rings. The van der Waals surface area contributed by atoms with Crippen molar-refractivity contribution >= 4 is 21.6 Å². The van der Waals surface area contributed by atoms with Gasteiger partial charge in [0, 0.05) is 6.20 Å². The standard InChI is InChI=1S/C16H16N2O2S/c1-16(2,14-6-4-5-9-17-14)18-15(19)12-8-7-11(20-3)10-13(12)21-18/h4-10H,1-3H3. The van der Waals surface area contributed by atoms with Crippen LogP contribution in [-0.2, 0) is 5.54 Å². The molecule has 1 aromatic carbocycles. The molecule has 21 heavy (non-hydrogen) atoms. The maximum atomic E-state index is 12.7. The number of hydrogen-bond acceptors (Lipinski definition) is 4. The van der Waals surface area contributed by atoms with Gasteiger partial charge in [-0.15, -0.1) is 0 Å². The second kappa shape index (κ2) is 5.00. The maximum absolute atomic E-state index is 12.7. The zero-order chi connectivity index (χ0) is 15.0. The predicted octanol–water partition coefficient (Wildman–Crippen LogP) is 3.25. The summed E-state index contributed by atoms with van der Waals surface area (Å²) < 4.78 is 7.92. The highest BCUT2D eigenvalue weighted by Crippen LogP contribution is 2.29. The third-order valence-corrected chi connectivity index (χ3v) is 4.93. The molecule has 0 N–H and O–H groups in total. The Morgan fingerprint density at radius 1 is 1.24 bits per heavy atom. The van der Waals surface area contributed by atoms with E-state index in [2.05, 4.69) is 4.98 Å². The molecule has 0 bridgehead atoms. The molecule has 0 radical (unpaired) electrons. The third-order valence-electron chi connectivity index (χ3n) is 3.59. The number of fused-ring (bicyclic) bond motifs is 1. The van der Waals surface area contributed by atoms with Crippen LogP contribution >= 0.6 is 11.5 Å². The number of hydrogen-bond donors (Lipinski definition) is 0. The number of rotatable bonds is 3. The summed E-state index contributed by atoms with van der Waals surface area (Å²) in [5.74, 6) is 0.756. The number of benzene rings is 1. The first-order valence-corrected chi connectivity index (χ1v) is 7.43.